The molecule has 0 spiro atoms. The van der Waals surface area contributed by atoms with Crippen LogP contribution in [-0.4, -0.2) is 24.5 Å². The molecule has 0 radical (unpaired) electrons. The second-order valence-electron chi connectivity index (χ2n) is 7.23. The first-order valence-electron chi connectivity index (χ1n) is 8.53. The minimum atomic E-state index is 0.726. The van der Waals surface area contributed by atoms with Crippen LogP contribution >= 0.6 is 11.3 Å². The predicted molar refractivity (Wildman–Crippen MR) is 93.8 cm³/mol. The molecular weight excluding hydrogens is 276 g/mol. The Morgan fingerprint density at radius 1 is 1.29 bits per heavy atom. The lowest BCUT2D eigenvalue weighted by molar-refractivity contribution is 0.159. The van der Waals surface area contributed by atoms with Gasteiger partial charge in [-0.1, -0.05) is 33.6 Å². The van der Waals surface area contributed by atoms with Crippen LogP contribution in [0.4, 0.5) is 0 Å². The maximum Gasteiger partial charge on any atom is 0.0327 e. The van der Waals surface area contributed by atoms with E-state index in [-0.39, 0.29) is 0 Å². The Hall–Kier alpha value is -0.380. The maximum atomic E-state index is 3.53. The molecule has 1 aliphatic rings. The number of nitrogens with zero attached hydrogens (tertiary/aromatic N) is 1. The highest BCUT2D eigenvalue weighted by molar-refractivity contribution is 7.11. The van der Waals surface area contributed by atoms with Crippen LogP contribution in [0.3, 0.4) is 0 Å². The summed E-state index contributed by atoms with van der Waals surface area (Å²) >= 11 is 1.97. The molecular formula is C18H32N2S. The molecule has 1 aliphatic carbocycles. The van der Waals surface area contributed by atoms with E-state index in [2.05, 4.69) is 50.2 Å². The summed E-state index contributed by atoms with van der Waals surface area (Å²) in [6.45, 7) is 10.2. The van der Waals surface area contributed by atoms with Gasteiger partial charge in [0.1, 0.15) is 0 Å². The summed E-state index contributed by atoms with van der Waals surface area (Å²) in [5, 5.41) is 3.53. The topological polar surface area (TPSA) is 15.3 Å². The third-order valence-electron chi connectivity index (χ3n) is 4.51. The first-order valence-corrected chi connectivity index (χ1v) is 9.34. The molecule has 0 amide bonds. The highest BCUT2D eigenvalue weighted by atomic mass is 32.1. The molecule has 1 fully saturated rings. The standard InChI is InChI=1S/C18H32N2S/c1-14(2)11-19-12-17-8-9-18(21-17)13-20(4)16-7-5-6-15(3)10-16/h8-9,14-16,19H,5-7,10-13H2,1-4H3. The van der Waals surface area contributed by atoms with Crippen molar-refractivity contribution < 1.29 is 0 Å². The van der Waals surface area contributed by atoms with Crippen LogP contribution in [0.15, 0.2) is 12.1 Å². The fourth-order valence-electron chi connectivity index (χ4n) is 3.26. The fourth-order valence-corrected chi connectivity index (χ4v) is 4.32. The van der Waals surface area contributed by atoms with Crippen LogP contribution in [0, 0.1) is 11.8 Å². The van der Waals surface area contributed by atoms with Crippen LogP contribution in [0.5, 0.6) is 0 Å². The lowest BCUT2D eigenvalue weighted by Gasteiger charge is -2.33. The summed E-state index contributed by atoms with van der Waals surface area (Å²) in [7, 11) is 2.30. The molecule has 1 aromatic rings. The zero-order valence-electron chi connectivity index (χ0n) is 14.2. The van der Waals surface area contributed by atoms with Gasteiger partial charge in [0, 0.05) is 28.9 Å². The first kappa shape index (κ1) is 17.0. The molecule has 2 atom stereocenters. The molecule has 1 saturated carbocycles. The van der Waals surface area contributed by atoms with Gasteiger partial charge in [0.05, 0.1) is 0 Å². The van der Waals surface area contributed by atoms with E-state index in [1.807, 2.05) is 11.3 Å². The van der Waals surface area contributed by atoms with E-state index in [1.54, 1.807) is 0 Å². The van der Waals surface area contributed by atoms with Crippen molar-refractivity contribution in [1.29, 1.82) is 0 Å². The van der Waals surface area contributed by atoms with Crippen LogP contribution in [-0.2, 0) is 13.1 Å². The Morgan fingerprint density at radius 3 is 2.76 bits per heavy atom. The van der Waals surface area contributed by atoms with Crippen molar-refractivity contribution in [2.75, 3.05) is 13.6 Å². The van der Waals surface area contributed by atoms with Gasteiger partial charge in [0.2, 0.25) is 0 Å². The van der Waals surface area contributed by atoms with Crippen molar-refractivity contribution in [2.45, 2.75) is 65.6 Å². The van der Waals surface area contributed by atoms with E-state index in [1.165, 1.54) is 35.4 Å². The molecule has 21 heavy (non-hydrogen) atoms. The van der Waals surface area contributed by atoms with Gasteiger partial charge >= 0.3 is 0 Å². The van der Waals surface area contributed by atoms with Crippen molar-refractivity contribution in [3.63, 3.8) is 0 Å². The van der Waals surface area contributed by atoms with E-state index in [4.69, 9.17) is 0 Å². The number of rotatable bonds is 7. The minimum Gasteiger partial charge on any atom is -0.312 e. The van der Waals surface area contributed by atoms with E-state index in [0.29, 0.717) is 0 Å². The largest absolute Gasteiger partial charge is 0.312 e. The van der Waals surface area contributed by atoms with Crippen LogP contribution in [0.25, 0.3) is 0 Å². The summed E-state index contributed by atoms with van der Waals surface area (Å²) in [5.74, 6) is 1.63. The Labute approximate surface area is 134 Å². The van der Waals surface area contributed by atoms with E-state index >= 15 is 0 Å². The third kappa shape index (κ3) is 5.72. The molecule has 0 bridgehead atoms. The molecule has 1 N–H and O–H groups in total. The minimum absolute atomic E-state index is 0.726. The van der Waals surface area contributed by atoms with Gasteiger partial charge < -0.3 is 5.32 Å². The molecule has 0 aromatic carbocycles. The lowest BCUT2D eigenvalue weighted by atomic mass is 9.86. The second-order valence-corrected chi connectivity index (χ2v) is 8.49. The zero-order valence-corrected chi connectivity index (χ0v) is 15.0. The van der Waals surface area contributed by atoms with E-state index in [9.17, 15) is 0 Å². The van der Waals surface area contributed by atoms with Crippen molar-refractivity contribution in [2.24, 2.45) is 11.8 Å². The molecule has 1 heterocycles. The smallest absolute Gasteiger partial charge is 0.0327 e. The molecule has 0 saturated heterocycles. The van der Waals surface area contributed by atoms with E-state index < -0.39 is 0 Å². The predicted octanol–water partition coefficient (Wildman–Crippen LogP) is 4.50. The Kier molecular flexibility index (Phi) is 6.72. The molecule has 1 aromatic heterocycles. The number of nitrogens with one attached hydrogen (secondary N) is 1. The zero-order chi connectivity index (χ0) is 15.2. The molecule has 3 heteroatoms. The average molecular weight is 309 g/mol. The van der Waals surface area contributed by atoms with Crippen molar-refractivity contribution >= 4 is 11.3 Å². The monoisotopic (exact) mass is 308 g/mol. The number of hydrogen-bond acceptors (Lipinski definition) is 3. The number of hydrogen-bond donors (Lipinski definition) is 1. The summed E-state index contributed by atoms with van der Waals surface area (Å²) in [6.07, 6.45) is 5.60. The second kappa shape index (κ2) is 8.30. The highest BCUT2D eigenvalue weighted by Crippen LogP contribution is 2.28. The van der Waals surface area contributed by atoms with Crippen LogP contribution in [0.2, 0.25) is 0 Å². The summed E-state index contributed by atoms with van der Waals surface area (Å²) in [4.78, 5) is 5.56. The van der Waals surface area contributed by atoms with Gasteiger partial charge in [-0.3, -0.25) is 4.90 Å². The molecule has 2 nitrogen and oxygen atoms in total. The summed E-state index contributed by atoms with van der Waals surface area (Å²) in [5.41, 5.74) is 0. The quantitative estimate of drug-likeness (QED) is 0.797. The summed E-state index contributed by atoms with van der Waals surface area (Å²) < 4.78 is 0. The van der Waals surface area contributed by atoms with Crippen molar-refractivity contribution in [3.05, 3.63) is 21.9 Å². The number of thiophene rings is 1. The van der Waals surface area contributed by atoms with Crippen molar-refractivity contribution in [3.8, 4) is 0 Å². The lowest BCUT2D eigenvalue weighted by Crippen LogP contribution is -2.34. The fraction of sp³-hybridized carbons (Fsp3) is 0.778. The van der Waals surface area contributed by atoms with Gasteiger partial charge in [-0.25, -0.2) is 0 Å². The van der Waals surface area contributed by atoms with Crippen LogP contribution < -0.4 is 5.32 Å². The molecule has 0 aliphatic heterocycles. The Balaban J connectivity index is 1.78. The summed E-state index contributed by atoms with van der Waals surface area (Å²) in [6, 6.07) is 5.41. The van der Waals surface area contributed by atoms with E-state index in [0.717, 1.165) is 37.5 Å². The van der Waals surface area contributed by atoms with Gasteiger partial charge in [0.15, 0.2) is 0 Å². The SMILES string of the molecule is CC(C)CNCc1ccc(CN(C)C2CCCC(C)C2)s1. The first-order chi connectivity index (χ1) is 10.0. The van der Waals surface area contributed by atoms with Crippen molar-refractivity contribution in [1.82, 2.24) is 10.2 Å². The van der Waals surface area contributed by atoms with Gasteiger partial charge in [-0.15, -0.1) is 11.3 Å². The van der Waals surface area contributed by atoms with Gasteiger partial charge in [-0.05, 0) is 50.4 Å². The van der Waals surface area contributed by atoms with Crippen LogP contribution in [0.1, 0.15) is 56.2 Å². The molecule has 2 rings (SSSR count). The Morgan fingerprint density at radius 2 is 2.05 bits per heavy atom. The molecule has 2 unspecified atom stereocenters. The third-order valence-corrected chi connectivity index (χ3v) is 5.58. The highest BCUT2D eigenvalue weighted by Gasteiger charge is 2.22. The molecule has 120 valence electrons. The normalized spacial score (nSPS) is 23.1. The maximum absolute atomic E-state index is 3.53. The van der Waals surface area contributed by atoms with Gasteiger partial charge in [0.25, 0.3) is 0 Å². The Bertz CT molecular complexity index is 413. The van der Waals surface area contributed by atoms with Gasteiger partial charge in [-0.2, -0.15) is 0 Å². The average Bonchev–Trinajstić information content (AvgIpc) is 2.86.